The van der Waals surface area contributed by atoms with Crippen LogP contribution in [0.15, 0.2) is 35.1 Å². The maximum atomic E-state index is 12.1. The molecule has 0 saturated heterocycles. The zero-order chi connectivity index (χ0) is 13.8. The molecule has 5 nitrogen and oxygen atoms in total. The number of nitrogens with zero attached hydrogens (tertiary/aromatic N) is 1. The molecule has 0 bridgehead atoms. The van der Waals surface area contributed by atoms with Gasteiger partial charge in [-0.3, -0.25) is 4.79 Å². The van der Waals surface area contributed by atoms with E-state index in [4.69, 9.17) is 9.15 Å². The molecule has 1 aromatic carbocycles. The van der Waals surface area contributed by atoms with Gasteiger partial charge in [0.1, 0.15) is 5.75 Å². The minimum Gasteiger partial charge on any atom is -0.497 e. The Morgan fingerprint density at radius 3 is 2.89 bits per heavy atom. The van der Waals surface area contributed by atoms with Crippen LogP contribution in [0.2, 0.25) is 0 Å². The topological polar surface area (TPSA) is 64.4 Å². The molecule has 100 valence electrons. The van der Waals surface area contributed by atoms with Crippen LogP contribution in [-0.4, -0.2) is 18.0 Å². The summed E-state index contributed by atoms with van der Waals surface area (Å²) in [5.41, 5.74) is 1.30. The standard InChI is InChI=1S/C14H16N2O3/c1-9(2)12-13(19-8-15-12)14(17)16-10-5-4-6-11(7-10)18-3/h4-9H,1-3H3,(H,16,17). The minimum absolute atomic E-state index is 0.129. The average Bonchev–Trinajstić information content (AvgIpc) is 2.88. The van der Waals surface area contributed by atoms with Gasteiger partial charge in [0.2, 0.25) is 5.76 Å². The third-order valence-electron chi connectivity index (χ3n) is 2.68. The van der Waals surface area contributed by atoms with Gasteiger partial charge < -0.3 is 14.5 Å². The van der Waals surface area contributed by atoms with Gasteiger partial charge in [-0.05, 0) is 18.1 Å². The van der Waals surface area contributed by atoms with Crippen LogP contribution in [0.1, 0.15) is 36.0 Å². The molecule has 0 fully saturated rings. The predicted octanol–water partition coefficient (Wildman–Crippen LogP) is 3.06. The molecular weight excluding hydrogens is 244 g/mol. The van der Waals surface area contributed by atoms with Gasteiger partial charge in [0.05, 0.1) is 12.8 Å². The van der Waals surface area contributed by atoms with E-state index in [0.717, 1.165) is 0 Å². The Morgan fingerprint density at radius 1 is 1.42 bits per heavy atom. The summed E-state index contributed by atoms with van der Waals surface area (Å²) >= 11 is 0. The van der Waals surface area contributed by atoms with Crippen molar-refractivity contribution in [2.45, 2.75) is 19.8 Å². The zero-order valence-corrected chi connectivity index (χ0v) is 11.1. The van der Waals surface area contributed by atoms with Gasteiger partial charge in [-0.15, -0.1) is 0 Å². The maximum absolute atomic E-state index is 12.1. The highest BCUT2D eigenvalue weighted by Gasteiger charge is 2.19. The van der Waals surface area contributed by atoms with E-state index in [0.29, 0.717) is 17.1 Å². The lowest BCUT2D eigenvalue weighted by molar-refractivity contribution is 0.0995. The molecule has 0 atom stereocenters. The number of hydrogen-bond acceptors (Lipinski definition) is 4. The van der Waals surface area contributed by atoms with Crippen LogP contribution in [0.25, 0.3) is 0 Å². The lowest BCUT2D eigenvalue weighted by atomic mass is 10.1. The van der Waals surface area contributed by atoms with Gasteiger partial charge in [-0.1, -0.05) is 19.9 Å². The molecule has 0 aliphatic carbocycles. The first-order valence-corrected chi connectivity index (χ1v) is 6.00. The molecular formula is C14H16N2O3. The SMILES string of the molecule is COc1cccc(NC(=O)c2ocnc2C(C)C)c1. The fourth-order valence-electron chi connectivity index (χ4n) is 1.72. The largest absolute Gasteiger partial charge is 0.497 e. The highest BCUT2D eigenvalue weighted by Crippen LogP contribution is 2.21. The minimum atomic E-state index is -0.311. The summed E-state index contributed by atoms with van der Waals surface area (Å²) in [6.45, 7) is 3.92. The molecule has 0 radical (unpaired) electrons. The lowest BCUT2D eigenvalue weighted by Crippen LogP contribution is -2.13. The number of benzene rings is 1. The Morgan fingerprint density at radius 2 is 2.21 bits per heavy atom. The first kappa shape index (κ1) is 13.1. The second kappa shape index (κ2) is 5.56. The monoisotopic (exact) mass is 260 g/mol. The average molecular weight is 260 g/mol. The molecule has 0 spiro atoms. The van der Waals surface area contributed by atoms with Crippen LogP contribution in [0.5, 0.6) is 5.75 Å². The highest BCUT2D eigenvalue weighted by molar-refractivity contribution is 6.03. The van der Waals surface area contributed by atoms with E-state index >= 15 is 0 Å². The fraction of sp³-hybridized carbons (Fsp3) is 0.286. The van der Waals surface area contributed by atoms with Crippen molar-refractivity contribution >= 4 is 11.6 Å². The lowest BCUT2D eigenvalue weighted by Gasteiger charge is -2.07. The number of amides is 1. The molecule has 1 N–H and O–H groups in total. The van der Waals surface area contributed by atoms with Crippen molar-refractivity contribution in [3.63, 3.8) is 0 Å². The third kappa shape index (κ3) is 2.93. The smallest absolute Gasteiger partial charge is 0.293 e. The fourth-order valence-corrected chi connectivity index (χ4v) is 1.72. The summed E-state index contributed by atoms with van der Waals surface area (Å²) < 4.78 is 10.3. The molecule has 1 heterocycles. The van der Waals surface area contributed by atoms with Gasteiger partial charge in [0, 0.05) is 11.8 Å². The number of methoxy groups -OCH3 is 1. The number of oxazole rings is 1. The Labute approximate surface area is 111 Å². The Kier molecular flexibility index (Phi) is 3.85. The zero-order valence-electron chi connectivity index (χ0n) is 11.1. The van der Waals surface area contributed by atoms with Gasteiger partial charge in [0.15, 0.2) is 6.39 Å². The van der Waals surface area contributed by atoms with Crippen LogP contribution < -0.4 is 10.1 Å². The van der Waals surface area contributed by atoms with E-state index < -0.39 is 0 Å². The Balaban J connectivity index is 2.18. The first-order valence-electron chi connectivity index (χ1n) is 6.00. The van der Waals surface area contributed by atoms with E-state index in [-0.39, 0.29) is 17.6 Å². The summed E-state index contributed by atoms with van der Waals surface area (Å²) in [6.07, 6.45) is 1.29. The van der Waals surface area contributed by atoms with Crippen molar-refractivity contribution in [3.8, 4) is 5.75 Å². The van der Waals surface area contributed by atoms with Crippen molar-refractivity contribution in [3.05, 3.63) is 42.1 Å². The van der Waals surface area contributed by atoms with Crippen molar-refractivity contribution in [2.75, 3.05) is 12.4 Å². The molecule has 0 aliphatic rings. The van der Waals surface area contributed by atoms with Gasteiger partial charge in [-0.25, -0.2) is 4.98 Å². The molecule has 5 heteroatoms. The Hall–Kier alpha value is -2.30. The number of hydrogen-bond donors (Lipinski definition) is 1. The van der Waals surface area contributed by atoms with Crippen molar-refractivity contribution < 1.29 is 13.9 Å². The molecule has 1 aromatic heterocycles. The van der Waals surface area contributed by atoms with Crippen LogP contribution in [0, 0.1) is 0 Å². The van der Waals surface area contributed by atoms with Crippen molar-refractivity contribution in [2.24, 2.45) is 0 Å². The quantitative estimate of drug-likeness (QED) is 0.917. The number of rotatable bonds is 4. The van der Waals surface area contributed by atoms with E-state index in [9.17, 15) is 4.79 Å². The molecule has 2 aromatic rings. The second-order valence-corrected chi connectivity index (χ2v) is 4.41. The second-order valence-electron chi connectivity index (χ2n) is 4.41. The summed E-state index contributed by atoms with van der Waals surface area (Å²) in [5, 5.41) is 2.76. The highest BCUT2D eigenvalue weighted by atomic mass is 16.5. The molecule has 2 rings (SSSR count). The number of ether oxygens (including phenoxy) is 1. The van der Waals surface area contributed by atoms with Crippen molar-refractivity contribution in [1.82, 2.24) is 4.98 Å². The number of anilines is 1. The molecule has 0 aliphatic heterocycles. The first-order chi connectivity index (χ1) is 9.11. The van der Waals surface area contributed by atoms with Crippen LogP contribution in [0.3, 0.4) is 0 Å². The van der Waals surface area contributed by atoms with Crippen LogP contribution in [0.4, 0.5) is 5.69 Å². The van der Waals surface area contributed by atoms with Crippen LogP contribution >= 0.6 is 0 Å². The summed E-state index contributed by atoms with van der Waals surface area (Å²) in [6, 6.07) is 7.14. The summed E-state index contributed by atoms with van der Waals surface area (Å²) in [4.78, 5) is 16.2. The van der Waals surface area contributed by atoms with E-state index in [2.05, 4.69) is 10.3 Å². The van der Waals surface area contributed by atoms with E-state index in [1.807, 2.05) is 19.9 Å². The molecule has 19 heavy (non-hydrogen) atoms. The van der Waals surface area contributed by atoms with Crippen molar-refractivity contribution in [1.29, 1.82) is 0 Å². The number of nitrogens with one attached hydrogen (secondary N) is 1. The van der Waals surface area contributed by atoms with E-state index in [1.54, 1.807) is 25.3 Å². The van der Waals surface area contributed by atoms with Gasteiger partial charge >= 0.3 is 0 Å². The van der Waals surface area contributed by atoms with E-state index in [1.165, 1.54) is 6.39 Å². The van der Waals surface area contributed by atoms with Crippen LogP contribution in [-0.2, 0) is 0 Å². The number of aromatic nitrogens is 1. The summed E-state index contributed by atoms with van der Waals surface area (Å²) in [7, 11) is 1.58. The maximum Gasteiger partial charge on any atom is 0.293 e. The number of carbonyl (C=O) groups excluding carboxylic acids is 1. The molecule has 1 amide bonds. The summed E-state index contributed by atoms with van der Waals surface area (Å²) in [5.74, 6) is 0.747. The third-order valence-corrected chi connectivity index (χ3v) is 2.68. The molecule has 0 saturated carbocycles. The Bertz CT molecular complexity index is 576. The molecule has 0 unspecified atom stereocenters. The number of carbonyl (C=O) groups is 1. The van der Waals surface area contributed by atoms with Gasteiger partial charge in [-0.2, -0.15) is 0 Å². The predicted molar refractivity (Wildman–Crippen MR) is 71.5 cm³/mol. The normalized spacial score (nSPS) is 10.5. The van der Waals surface area contributed by atoms with Gasteiger partial charge in [0.25, 0.3) is 5.91 Å².